The lowest BCUT2D eigenvalue weighted by Gasteiger charge is -2.26. The zero-order valence-corrected chi connectivity index (χ0v) is 23.4. The number of amides is 1. The predicted molar refractivity (Wildman–Crippen MR) is 155 cm³/mol. The minimum absolute atomic E-state index is 0.0293. The van der Waals surface area contributed by atoms with Crippen LogP contribution in [0.1, 0.15) is 78.1 Å². The number of hydrogen-bond donors (Lipinski definition) is 0. The number of anilines is 1. The molecule has 3 aromatic carbocycles. The molecule has 0 fully saturated rings. The van der Waals surface area contributed by atoms with Gasteiger partial charge >= 0.3 is 0 Å². The fraction of sp³-hybridized carbons (Fsp3) is 0.281. The number of hydrogen-bond acceptors (Lipinski definition) is 6. The maximum Gasteiger partial charge on any atom is 0.295 e. The van der Waals surface area contributed by atoms with E-state index in [4.69, 9.17) is 25.5 Å². The van der Waals surface area contributed by atoms with E-state index in [-0.39, 0.29) is 28.1 Å². The van der Waals surface area contributed by atoms with Gasteiger partial charge in [0.05, 0.1) is 30.2 Å². The molecule has 1 atom stereocenters. The summed E-state index contributed by atoms with van der Waals surface area (Å²) in [6.07, 6.45) is 3.07. The molecule has 4 aromatic rings. The van der Waals surface area contributed by atoms with E-state index in [1.54, 1.807) is 42.5 Å². The Morgan fingerprint density at radius 2 is 1.73 bits per heavy atom. The number of ketones is 1. The van der Waals surface area contributed by atoms with Crippen LogP contribution in [0.2, 0.25) is 5.02 Å². The molecule has 40 heavy (non-hydrogen) atoms. The summed E-state index contributed by atoms with van der Waals surface area (Å²) >= 11 is 6.21. The highest BCUT2D eigenvalue weighted by Crippen LogP contribution is 2.43. The van der Waals surface area contributed by atoms with Crippen LogP contribution in [0.5, 0.6) is 11.5 Å². The van der Waals surface area contributed by atoms with Crippen LogP contribution in [0.3, 0.4) is 0 Å². The third-order valence-electron chi connectivity index (χ3n) is 6.97. The molecule has 0 spiro atoms. The second-order valence-electron chi connectivity index (χ2n) is 9.69. The smallest absolute Gasteiger partial charge is 0.295 e. The Bertz CT molecular complexity index is 1640. The van der Waals surface area contributed by atoms with Gasteiger partial charge in [-0.15, -0.1) is 0 Å². The molecular formula is C32H30ClNO6. The minimum atomic E-state index is -0.807. The summed E-state index contributed by atoms with van der Waals surface area (Å²) < 4.78 is 18.0. The Labute approximate surface area is 237 Å². The summed E-state index contributed by atoms with van der Waals surface area (Å²) in [4.78, 5) is 41.2. The van der Waals surface area contributed by atoms with Crippen LogP contribution in [0.25, 0.3) is 11.0 Å². The van der Waals surface area contributed by atoms with Crippen molar-refractivity contribution >= 4 is 39.9 Å². The second kappa shape index (κ2) is 11.6. The molecule has 0 saturated carbocycles. The first-order chi connectivity index (χ1) is 19.3. The van der Waals surface area contributed by atoms with Crippen molar-refractivity contribution in [1.82, 2.24) is 0 Å². The van der Waals surface area contributed by atoms with Crippen LogP contribution in [-0.2, 0) is 0 Å². The first-order valence-electron chi connectivity index (χ1n) is 13.4. The molecule has 0 bridgehead atoms. The molecule has 7 nitrogen and oxygen atoms in total. The largest absolute Gasteiger partial charge is 0.490 e. The van der Waals surface area contributed by atoms with Crippen molar-refractivity contribution in [2.45, 2.75) is 46.1 Å². The van der Waals surface area contributed by atoms with Gasteiger partial charge in [0, 0.05) is 16.3 Å². The fourth-order valence-corrected chi connectivity index (χ4v) is 5.17. The van der Waals surface area contributed by atoms with Gasteiger partial charge in [0.2, 0.25) is 5.76 Å². The quantitative estimate of drug-likeness (QED) is 0.149. The van der Waals surface area contributed by atoms with E-state index in [1.807, 2.05) is 25.1 Å². The highest BCUT2D eigenvalue weighted by atomic mass is 35.5. The number of carbonyl (C=O) groups excluding carboxylic acids is 2. The molecule has 206 valence electrons. The summed E-state index contributed by atoms with van der Waals surface area (Å²) in [6.45, 7) is 6.47. The molecule has 1 amide bonds. The Morgan fingerprint density at radius 1 is 0.950 bits per heavy atom. The maximum absolute atomic E-state index is 13.9. The van der Waals surface area contributed by atoms with E-state index >= 15 is 0 Å². The molecule has 0 N–H and O–H groups in total. The number of nitrogens with zero attached hydrogens (tertiary/aromatic N) is 1. The van der Waals surface area contributed by atoms with Gasteiger partial charge in [0.15, 0.2) is 22.7 Å². The van der Waals surface area contributed by atoms with Crippen molar-refractivity contribution in [3.8, 4) is 11.5 Å². The molecule has 8 heteroatoms. The number of unbranched alkanes of at least 4 members (excludes halogenated alkanes) is 2. The average Bonchev–Trinajstić information content (AvgIpc) is 3.24. The third-order valence-corrected chi connectivity index (χ3v) is 7.21. The summed E-state index contributed by atoms with van der Waals surface area (Å²) in [5.41, 5.74) is 1.85. The highest BCUT2D eigenvalue weighted by Gasteiger charge is 2.44. The number of halogens is 1. The SMILES string of the molecule is CCCCCOc1ccc(C2c3c(oc4ccc(Cl)cc4c3=O)C(=O)N2c2ccc(C(C)=O)cc2)cc1OCC. The predicted octanol–water partition coefficient (Wildman–Crippen LogP) is 7.37. The van der Waals surface area contributed by atoms with Crippen LogP contribution in [-0.4, -0.2) is 24.9 Å². The van der Waals surface area contributed by atoms with E-state index in [0.29, 0.717) is 51.9 Å². The zero-order chi connectivity index (χ0) is 28.4. The van der Waals surface area contributed by atoms with Crippen molar-refractivity contribution in [1.29, 1.82) is 0 Å². The van der Waals surface area contributed by atoms with Crippen LogP contribution >= 0.6 is 11.6 Å². The summed E-state index contributed by atoms with van der Waals surface area (Å²) in [6, 6.07) is 16.1. The van der Waals surface area contributed by atoms with E-state index in [0.717, 1.165) is 19.3 Å². The Hall–Kier alpha value is -4.10. The van der Waals surface area contributed by atoms with Crippen molar-refractivity contribution in [2.24, 2.45) is 0 Å². The lowest BCUT2D eigenvalue weighted by Crippen LogP contribution is -2.29. The third kappa shape index (κ3) is 5.09. The number of fused-ring (bicyclic) bond motifs is 2. The van der Waals surface area contributed by atoms with Crippen molar-refractivity contribution in [3.63, 3.8) is 0 Å². The standard InChI is InChI=1S/C32H30ClNO6/c1-4-6-7-16-39-26-14-10-21(17-27(26)38-5-2)29-28-30(36)24-18-22(33)11-15-25(24)40-31(28)32(37)34(29)23-12-8-20(9-13-23)19(3)35/h8-15,17-18,29H,4-7,16H2,1-3H3. The van der Waals surface area contributed by atoms with Gasteiger partial charge in [-0.2, -0.15) is 0 Å². The molecular weight excluding hydrogens is 530 g/mol. The molecule has 0 saturated heterocycles. The van der Waals surface area contributed by atoms with Gasteiger partial charge in [-0.3, -0.25) is 19.3 Å². The van der Waals surface area contributed by atoms with Crippen LogP contribution in [0, 0.1) is 0 Å². The van der Waals surface area contributed by atoms with Crippen LogP contribution < -0.4 is 19.8 Å². The monoisotopic (exact) mass is 559 g/mol. The first kappa shape index (κ1) is 27.5. The minimum Gasteiger partial charge on any atom is -0.490 e. The lowest BCUT2D eigenvalue weighted by atomic mass is 9.97. The number of benzene rings is 3. The summed E-state index contributed by atoms with van der Waals surface area (Å²) in [5, 5.41) is 0.680. The summed E-state index contributed by atoms with van der Waals surface area (Å²) in [5.74, 6) is 0.550. The van der Waals surface area contributed by atoms with Gasteiger partial charge in [0.1, 0.15) is 5.58 Å². The normalized spacial score (nSPS) is 14.4. The molecule has 1 unspecified atom stereocenters. The molecule has 0 aliphatic carbocycles. The summed E-state index contributed by atoms with van der Waals surface area (Å²) in [7, 11) is 0. The number of ether oxygens (including phenoxy) is 2. The second-order valence-corrected chi connectivity index (χ2v) is 10.1. The molecule has 0 radical (unpaired) electrons. The van der Waals surface area contributed by atoms with Gasteiger partial charge in [-0.1, -0.05) is 37.4 Å². The molecule has 5 rings (SSSR count). The van der Waals surface area contributed by atoms with Gasteiger partial charge in [-0.05, 0) is 80.4 Å². The fourth-order valence-electron chi connectivity index (χ4n) is 5.00. The molecule has 2 heterocycles. The van der Waals surface area contributed by atoms with Crippen LogP contribution in [0.4, 0.5) is 5.69 Å². The topological polar surface area (TPSA) is 86.0 Å². The number of rotatable bonds is 10. The highest BCUT2D eigenvalue weighted by molar-refractivity contribution is 6.31. The molecule has 1 aliphatic rings. The van der Waals surface area contributed by atoms with Crippen LogP contribution in [0.15, 0.2) is 69.9 Å². The zero-order valence-electron chi connectivity index (χ0n) is 22.7. The van der Waals surface area contributed by atoms with E-state index in [1.165, 1.54) is 11.8 Å². The Morgan fingerprint density at radius 3 is 2.42 bits per heavy atom. The van der Waals surface area contributed by atoms with Gasteiger partial charge < -0.3 is 13.9 Å². The Kier molecular flexibility index (Phi) is 7.94. The van der Waals surface area contributed by atoms with E-state index < -0.39 is 11.9 Å². The van der Waals surface area contributed by atoms with Crippen molar-refractivity contribution in [3.05, 3.63) is 98.4 Å². The van der Waals surface area contributed by atoms with Gasteiger partial charge in [-0.25, -0.2) is 0 Å². The molecule has 1 aliphatic heterocycles. The maximum atomic E-state index is 13.9. The first-order valence-corrected chi connectivity index (χ1v) is 13.8. The van der Waals surface area contributed by atoms with Gasteiger partial charge in [0.25, 0.3) is 5.91 Å². The lowest BCUT2D eigenvalue weighted by molar-refractivity contribution is 0.0970. The average molecular weight is 560 g/mol. The van der Waals surface area contributed by atoms with Crippen molar-refractivity contribution in [2.75, 3.05) is 18.1 Å². The van der Waals surface area contributed by atoms with E-state index in [2.05, 4.69) is 6.92 Å². The number of carbonyl (C=O) groups is 2. The van der Waals surface area contributed by atoms with E-state index in [9.17, 15) is 14.4 Å². The molecule has 1 aromatic heterocycles. The number of Topliss-reactive ketones (excluding diaryl/α,β-unsaturated/α-hetero) is 1. The Balaban J connectivity index is 1.67. The van der Waals surface area contributed by atoms with Crippen molar-refractivity contribution < 1.29 is 23.5 Å².